The second kappa shape index (κ2) is 9.72. The van der Waals surface area contributed by atoms with Gasteiger partial charge in [0.2, 0.25) is 12.5 Å². The van der Waals surface area contributed by atoms with Gasteiger partial charge in [0.05, 0.1) is 24.1 Å². The fraction of sp³-hybridized carbons (Fsp3) is 0.500. The quantitative estimate of drug-likeness (QED) is 0.180. The minimum atomic E-state index is -1.17. The van der Waals surface area contributed by atoms with Crippen LogP contribution in [0.1, 0.15) is 20.3 Å². The van der Waals surface area contributed by atoms with Gasteiger partial charge < -0.3 is 20.4 Å². The molecule has 0 radical (unpaired) electrons. The Bertz CT molecular complexity index is 1030. The molecule has 11 nitrogen and oxygen atoms in total. The fourth-order valence-electron chi connectivity index (χ4n) is 4.81. The number of nitrogens with one attached hydrogen (secondary N) is 3. The standard InChI is InChI=1S/C22H27N5O6S/c1-11-17-16(12(2)28)21(31)27(17)18(22(32)33)19(11)34-13-8-14(23-9-13)20(30)25-24-15(29)10-26-6-4-3-5-7-26/h3-7,11-14,16-17,23,28H,8-10H2,1-2H3,(H2-,24,25,29,30,32,33)/p+1/t11-,12-,13+,14+,16-,17?/m1/s1. The van der Waals surface area contributed by atoms with Gasteiger partial charge in [-0.1, -0.05) is 13.0 Å². The predicted octanol–water partition coefficient (Wildman–Crippen LogP) is -1.26. The van der Waals surface area contributed by atoms with E-state index in [2.05, 4.69) is 16.2 Å². The van der Waals surface area contributed by atoms with Crippen LogP contribution in [0.25, 0.3) is 0 Å². The lowest BCUT2D eigenvalue weighted by molar-refractivity contribution is -0.684. The summed E-state index contributed by atoms with van der Waals surface area (Å²) in [6, 6.07) is 4.52. The third-order valence-electron chi connectivity index (χ3n) is 6.44. The number of aliphatic carboxylic acids is 1. The van der Waals surface area contributed by atoms with Crippen molar-refractivity contribution in [1.29, 1.82) is 0 Å². The molecule has 0 bridgehead atoms. The van der Waals surface area contributed by atoms with Gasteiger partial charge >= 0.3 is 11.9 Å². The van der Waals surface area contributed by atoms with Gasteiger partial charge in [0, 0.05) is 34.8 Å². The number of hydrazine groups is 1. The Morgan fingerprint density at radius 2 is 1.97 bits per heavy atom. The van der Waals surface area contributed by atoms with Gasteiger partial charge in [-0.2, -0.15) is 4.57 Å². The van der Waals surface area contributed by atoms with Crippen LogP contribution in [-0.2, 0) is 25.7 Å². The van der Waals surface area contributed by atoms with E-state index in [0.717, 1.165) is 0 Å². The molecular formula is C22H28N5O6S+. The molecule has 0 spiro atoms. The van der Waals surface area contributed by atoms with Crippen molar-refractivity contribution in [2.45, 2.75) is 50.3 Å². The number of amides is 3. The van der Waals surface area contributed by atoms with Gasteiger partial charge in [-0.05, 0) is 13.3 Å². The second-order valence-electron chi connectivity index (χ2n) is 8.79. The van der Waals surface area contributed by atoms with Gasteiger partial charge in [0.15, 0.2) is 12.4 Å². The number of rotatable bonds is 7. The van der Waals surface area contributed by atoms with Gasteiger partial charge in [0.1, 0.15) is 5.70 Å². The molecule has 2 saturated heterocycles. The zero-order chi connectivity index (χ0) is 24.6. The number of carbonyl (C=O) groups is 4. The maximum Gasteiger partial charge on any atom is 0.353 e. The minimum absolute atomic E-state index is 0.0250. The fourth-order valence-corrected chi connectivity index (χ4v) is 6.29. The first kappa shape index (κ1) is 24.2. The molecule has 4 heterocycles. The highest BCUT2D eigenvalue weighted by Gasteiger charge is 2.60. The Kier molecular flexibility index (Phi) is 6.91. The maximum absolute atomic E-state index is 12.5. The molecule has 0 saturated carbocycles. The lowest BCUT2D eigenvalue weighted by atomic mass is 9.79. The molecule has 6 atom stereocenters. The molecule has 2 fully saturated rings. The number of aliphatic hydroxyl groups excluding tert-OH is 1. The first-order valence-electron chi connectivity index (χ1n) is 11.1. The number of β-lactam (4-membered cyclic amide) rings is 1. The summed E-state index contributed by atoms with van der Waals surface area (Å²) in [4.78, 5) is 50.9. The molecule has 4 rings (SSSR count). The summed E-state index contributed by atoms with van der Waals surface area (Å²) in [5, 5.41) is 22.7. The number of fused-ring (bicyclic) bond motifs is 1. The van der Waals surface area contributed by atoms with Crippen LogP contribution in [0, 0.1) is 11.8 Å². The molecule has 1 aromatic heterocycles. The normalized spacial score (nSPS) is 28.9. The van der Waals surface area contributed by atoms with E-state index in [1.165, 1.54) is 16.7 Å². The van der Waals surface area contributed by atoms with Gasteiger partial charge in [-0.3, -0.25) is 25.2 Å². The SMILES string of the molecule is C[C@H]1C(S[C@@H]2CN[C@H](C(=O)NNC(=O)C[n+]3ccccc3)C2)=C(C(=O)O)N2C(=O)[C@H]([C@@H](C)O)C12. The molecule has 1 unspecified atom stereocenters. The highest BCUT2D eigenvalue weighted by molar-refractivity contribution is 8.03. The van der Waals surface area contributed by atoms with Crippen LogP contribution >= 0.6 is 11.8 Å². The lowest BCUT2D eigenvalue weighted by Crippen LogP contribution is -2.63. The maximum atomic E-state index is 12.5. The van der Waals surface area contributed by atoms with Gasteiger partial charge in [-0.25, -0.2) is 4.79 Å². The highest BCUT2D eigenvalue weighted by atomic mass is 32.2. The first-order chi connectivity index (χ1) is 16.2. The zero-order valence-corrected chi connectivity index (χ0v) is 19.6. The van der Waals surface area contributed by atoms with Crippen LogP contribution in [0.5, 0.6) is 0 Å². The molecule has 3 aliphatic heterocycles. The number of hydrogen-bond donors (Lipinski definition) is 5. The Hall–Kier alpha value is -2.96. The number of hydrogen-bond acceptors (Lipinski definition) is 7. The molecule has 0 aliphatic carbocycles. The Labute approximate surface area is 200 Å². The van der Waals surface area contributed by atoms with E-state index in [9.17, 15) is 29.4 Å². The van der Waals surface area contributed by atoms with Crippen LogP contribution < -0.4 is 20.7 Å². The molecule has 3 amide bonds. The third kappa shape index (κ3) is 4.52. The van der Waals surface area contributed by atoms with Crippen LogP contribution in [0.4, 0.5) is 0 Å². The Morgan fingerprint density at radius 3 is 2.62 bits per heavy atom. The second-order valence-corrected chi connectivity index (χ2v) is 10.1. The zero-order valence-electron chi connectivity index (χ0n) is 18.8. The number of aliphatic hydroxyl groups is 1. The van der Waals surface area contributed by atoms with E-state index in [1.54, 1.807) is 36.0 Å². The van der Waals surface area contributed by atoms with Crippen molar-refractivity contribution in [2.24, 2.45) is 11.8 Å². The number of thioether (sulfide) groups is 1. The topological polar surface area (TPSA) is 152 Å². The summed E-state index contributed by atoms with van der Waals surface area (Å²) in [6.45, 7) is 3.94. The van der Waals surface area contributed by atoms with Crippen LogP contribution in [0.15, 0.2) is 41.2 Å². The van der Waals surface area contributed by atoms with Gasteiger partial charge in [-0.15, -0.1) is 11.8 Å². The summed E-state index contributed by atoms with van der Waals surface area (Å²) >= 11 is 1.36. The molecular weight excluding hydrogens is 462 g/mol. The summed E-state index contributed by atoms with van der Waals surface area (Å²) in [5.41, 5.74) is 4.81. The van der Waals surface area contributed by atoms with Crippen molar-refractivity contribution in [1.82, 2.24) is 21.1 Å². The monoisotopic (exact) mass is 490 g/mol. The number of carboxylic acids is 1. The Balaban J connectivity index is 1.33. The van der Waals surface area contributed by atoms with Gasteiger partial charge in [0.25, 0.3) is 5.91 Å². The predicted molar refractivity (Wildman–Crippen MR) is 120 cm³/mol. The van der Waals surface area contributed by atoms with Crippen LogP contribution in [-0.4, -0.2) is 68.8 Å². The molecule has 0 aromatic carbocycles. The Morgan fingerprint density at radius 1 is 1.26 bits per heavy atom. The van der Waals surface area contributed by atoms with Crippen LogP contribution in [0.3, 0.4) is 0 Å². The molecule has 1 aromatic rings. The first-order valence-corrected chi connectivity index (χ1v) is 12.0. The minimum Gasteiger partial charge on any atom is -0.477 e. The van der Waals surface area contributed by atoms with E-state index >= 15 is 0 Å². The number of pyridine rings is 1. The molecule has 3 aliphatic rings. The molecule has 5 N–H and O–H groups in total. The van der Waals surface area contributed by atoms with Crippen LogP contribution in [0.2, 0.25) is 0 Å². The smallest absolute Gasteiger partial charge is 0.353 e. The van der Waals surface area contributed by atoms with Crippen molar-refractivity contribution >= 4 is 35.5 Å². The lowest BCUT2D eigenvalue weighted by Gasteiger charge is -2.46. The third-order valence-corrected chi connectivity index (χ3v) is 7.95. The average Bonchev–Trinajstić information content (AvgIpc) is 3.35. The van der Waals surface area contributed by atoms with Crippen molar-refractivity contribution in [3.63, 3.8) is 0 Å². The largest absolute Gasteiger partial charge is 0.477 e. The number of nitrogens with zero attached hydrogens (tertiary/aromatic N) is 2. The van der Waals surface area contributed by atoms with Crippen molar-refractivity contribution < 1.29 is 34.0 Å². The summed E-state index contributed by atoms with van der Waals surface area (Å²) in [6.07, 6.45) is 3.06. The number of carboxylic acid groups (broad SMARTS) is 1. The van der Waals surface area contributed by atoms with E-state index in [4.69, 9.17) is 0 Å². The number of carbonyl (C=O) groups excluding carboxylic acids is 3. The van der Waals surface area contributed by atoms with E-state index in [0.29, 0.717) is 17.9 Å². The number of aromatic nitrogens is 1. The summed E-state index contributed by atoms with van der Waals surface area (Å²) in [5.74, 6) is -3.13. The molecule has 182 valence electrons. The summed E-state index contributed by atoms with van der Waals surface area (Å²) < 4.78 is 1.68. The average molecular weight is 491 g/mol. The van der Waals surface area contributed by atoms with E-state index in [1.807, 2.05) is 13.0 Å². The van der Waals surface area contributed by atoms with Crippen molar-refractivity contribution in [2.75, 3.05) is 6.54 Å². The highest BCUT2D eigenvalue weighted by Crippen LogP contribution is 2.51. The molecule has 12 heteroatoms. The van der Waals surface area contributed by atoms with Crippen molar-refractivity contribution in [3.05, 3.63) is 41.2 Å². The van der Waals surface area contributed by atoms with E-state index < -0.39 is 24.0 Å². The van der Waals surface area contributed by atoms with E-state index in [-0.39, 0.29) is 47.2 Å². The summed E-state index contributed by atoms with van der Waals surface area (Å²) in [7, 11) is 0. The van der Waals surface area contributed by atoms with Crippen molar-refractivity contribution in [3.8, 4) is 0 Å². The molecule has 34 heavy (non-hydrogen) atoms.